The topological polar surface area (TPSA) is 96.0 Å². The molecule has 0 aliphatic carbocycles. The van der Waals surface area contributed by atoms with E-state index in [0.717, 1.165) is 15.4 Å². The Morgan fingerprint density at radius 1 is 1.00 bits per heavy atom. The van der Waals surface area contributed by atoms with Gasteiger partial charge in [0.2, 0.25) is 11.8 Å². The standard InChI is InChI=1S/C31H38ClN3O5S/c1-7-40-27-15-13-26(14-16-27)35(41(38,39)28-17-11-25(32)12-18-28)21-29(36)34(20-24-10-8-9-22(2)19-24)23(3)30(37)33-31(4,5)6/h8-19,23H,7,20-21H2,1-6H3,(H,33,37)/t23-/m1/s1. The highest BCUT2D eigenvalue weighted by atomic mass is 35.5. The van der Waals surface area contributed by atoms with Gasteiger partial charge in [-0.15, -0.1) is 0 Å². The van der Waals surface area contributed by atoms with Crippen molar-refractivity contribution in [2.75, 3.05) is 17.5 Å². The lowest BCUT2D eigenvalue weighted by atomic mass is 10.1. The molecule has 1 N–H and O–H groups in total. The van der Waals surface area contributed by atoms with Crippen LogP contribution in [0.4, 0.5) is 5.69 Å². The summed E-state index contributed by atoms with van der Waals surface area (Å²) in [7, 11) is -4.19. The summed E-state index contributed by atoms with van der Waals surface area (Å²) in [6.45, 7) is 11.1. The van der Waals surface area contributed by atoms with Gasteiger partial charge in [-0.3, -0.25) is 13.9 Å². The number of rotatable bonds is 11. The lowest BCUT2D eigenvalue weighted by molar-refractivity contribution is -0.140. The molecule has 0 bridgehead atoms. The number of aryl methyl sites for hydroxylation is 1. The molecule has 3 aromatic carbocycles. The molecule has 0 spiro atoms. The number of carbonyl (C=O) groups is 2. The molecule has 220 valence electrons. The summed E-state index contributed by atoms with van der Waals surface area (Å²) in [6.07, 6.45) is 0. The summed E-state index contributed by atoms with van der Waals surface area (Å²) in [6, 6.07) is 19.0. The van der Waals surface area contributed by atoms with E-state index in [1.165, 1.54) is 29.2 Å². The summed E-state index contributed by atoms with van der Waals surface area (Å²) >= 11 is 6.01. The SMILES string of the molecule is CCOc1ccc(N(CC(=O)N(Cc2cccc(C)c2)[C@H](C)C(=O)NC(C)(C)C)S(=O)(=O)c2ccc(Cl)cc2)cc1. The van der Waals surface area contributed by atoms with Gasteiger partial charge in [0, 0.05) is 17.1 Å². The number of carbonyl (C=O) groups excluding carboxylic acids is 2. The Morgan fingerprint density at radius 2 is 1.63 bits per heavy atom. The second-order valence-corrected chi connectivity index (χ2v) is 13.1. The molecule has 3 rings (SSSR count). The van der Waals surface area contributed by atoms with E-state index >= 15 is 0 Å². The first-order chi connectivity index (χ1) is 19.2. The maximum absolute atomic E-state index is 14.0. The second kappa shape index (κ2) is 13.4. The number of hydrogen-bond acceptors (Lipinski definition) is 5. The minimum atomic E-state index is -4.19. The summed E-state index contributed by atoms with van der Waals surface area (Å²) < 4.78 is 34.4. The zero-order valence-electron chi connectivity index (χ0n) is 24.3. The number of anilines is 1. The van der Waals surface area contributed by atoms with Crippen LogP contribution in [0.1, 0.15) is 45.7 Å². The van der Waals surface area contributed by atoms with Crippen molar-refractivity contribution in [1.29, 1.82) is 0 Å². The van der Waals surface area contributed by atoms with Gasteiger partial charge in [-0.25, -0.2) is 8.42 Å². The number of benzene rings is 3. The van der Waals surface area contributed by atoms with Gasteiger partial charge in [-0.05, 0) is 95.6 Å². The highest BCUT2D eigenvalue weighted by Gasteiger charge is 2.33. The van der Waals surface area contributed by atoms with Gasteiger partial charge in [-0.1, -0.05) is 41.4 Å². The smallest absolute Gasteiger partial charge is 0.264 e. The molecule has 10 heteroatoms. The molecule has 0 aromatic heterocycles. The summed E-state index contributed by atoms with van der Waals surface area (Å²) in [4.78, 5) is 28.6. The molecular formula is C31H38ClN3O5S. The molecule has 0 heterocycles. The Morgan fingerprint density at radius 3 is 2.20 bits per heavy atom. The predicted molar refractivity (Wildman–Crippen MR) is 163 cm³/mol. The molecular weight excluding hydrogens is 562 g/mol. The Kier molecular flexibility index (Phi) is 10.4. The average molecular weight is 600 g/mol. The molecule has 0 radical (unpaired) electrons. The van der Waals surface area contributed by atoms with Gasteiger partial charge in [0.15, 0.2) is 0 Å². The molecule has 8 nitrogen and oxygen atoms in total. The molecule has 0 unspecified atom stereocenters. The van der Waals surface area contributed by atoms with E-state index in [-0.39, 0.29) is 23.0 Å². The summed E-state index contributed by atoms with van der Waals surface area (Å²) in [5.74, 6) is -0.305. The van der Waals surface area contributed by atoms with Crippen molar-refractivity contribution in [3.63, 3.8) is 0 Å². The number of amides is 2. The van der Waals surface area contributed by atoms with Gasteiger partial charge in [0.1, 0.15) is 18.3 Å². The number of nitrogens with zero attached hydrogens (tertiary/aromatic N) is 2. The Hall–Kier alpha value is -3.56. The van der Waals surface area contributed by atoms with Crippen LogP contribution in [0.25, 0.3) is 0 Å². The van der Waals surface area contributed by atoms with E-state index < -0.39 is 34.1 Å². The lowest BCUT2D eigenvalue weighted by Crippen LogP contribution is -2.54. The minimum absolute atomic E-state index is 0.0210. The summed E-state index contributed by atoms with van der Waals surface area (Å²) in [5.41, 5.74) is 1.58. The van der Waals surface area contributed by atoms with Crippen LogP contribution < -0.4 is 14.4 Å². The molecule has 41 heavy (non-hydrogen) atoms. The number of hydrogen-bond donors (Lipinski definition) is 1. The van der Waals surface area contributed by atoms with Crippen molar-refractivity contribution < 1.29 is 22.7 Å². The molecule has 0 aliphatic heterocycles. The fraction of sp³-hybridized carbons (Fsp3) is 0.355. The zero-order chi connectivity index (χ0) is 30.4. The second-order valence-electron chi connectivity index (χ2n) is 10.8. The molecule has 1 atom stereocenters. The monoisotopic (exact) mass is 599 g/mol. The van der Waals surface area contributed by atoms with Crippen molar-refractivity contribution in [2.45, 2.75) is 64.6 Å². The van der Waals surface area contributed by atoms with E-state index in [4.69, 9.17) is 16.3 Å². The number of nitrogens with one attached hydrogen (secondary N) is 1. The number of sulfonamides is 1. The quantitative estimate of drug-likeness (QED) is 0.311. The first-order valence-corrected chi connectivity index (χ1v) is 15.2. The van der Waals surface area contributed by atoms with Crippen LogP contribution in [0.5, 0.6) is 5.75 Å². The fourth-order valence-electron chi connectivity index (χ4n) is 4.20. The molecule has 0 aliphatic rings. The van der Waals surface area contributed by atoms with Gasteiger partial charge < -0.3 is 15.0 Å². The maximum atomic E-state index is 14.0. The van der Waals surface area contributed by atoms with Crippen LogP contribution in [0.15, 0.2) is 77.7 Å². The van der Waals surface area contributed by atoms with Gasteiger partial charge in [0.05, 0.1) is 17.2 Å². The lowest BCUT2D eigenvalue weighted by Gasteiger charge is -2.33. The van der Waals surface area contributed by atoms with Crippen LogP contribution in [-0.2, 0) is 26.2 Å². The van der Waals surface area contributed by atoms with Crippen molar-refractivity contribution in [3.05, 3.63) is 88.9 Å². The predicted octanol–water partition coefficient (Wildman–Crippen LogP) is 5.57. The van der Waals surface area contributed by atoms with Crippen molar-refractivity contribution >= 4 is 39.1 Å². The van der Waals surface area contributed by atoms with Gasteiger partial charge in [0.25, 0.3) is 10.0 Å². The van der Waals surface area contributed by atoms with E-state index in [0.29, 0.717) is 17.4 Å². The highest BCUT2D eigenvalue weighted by Crippen LogP contribution is 2.27. The van der Waals surface area contributed by atoms with Gasteiger partial charge >= 0.3 is 0 Å². The molecule has 3 aromatic rings. The largest absolute Gasteiger partial charge is 0.494 e. The number of ether oxygens (including phenoxy) is 1. The zero-order valence-corrected chi connectivity index (χ0v) is 25.9. The molecule has 0 fully saturated rings. The molecule has 0 saturated heterocycles. The van der Waals surface area contributed by atoms with Crippen LogP contribution in [0.3, 0.4) is 0 Å². The third kappa shape index (κ3) is 8.71. The third-order valence-corrected chi connectivity index (χ3v) is 8.26. The molecule has 2 amide bonds. The van der Waals surface area contributed by atoms with Crippen LogP contribution in [0, 0.1) is 6.92 Å². The van der Waals surface area contributed by atoms with Crippen molar-refractivity contribution in [1.82, 2.24) is 10.2 Å². The fourth-order valence-corrected chi connectivity index (χ4v) is 5.74. The van der Waals surface area contributed by atoms with Crippen LogP contribution in [-0.4, -0.2) is 49.9 Å². The first kappa shape index (κ1) is 32.0. The van der Waals surface area contributed by atoms with E-state index in [2.05, 4.69) is 5.32 Å². The number of halogens is 1. The summed E-state index contributed by atoms with van der Waals surface area (Å²) in [5, 5.41) is 3.31. The first-order valence-electron chi connectivity index (χ1n) is 13.4. The maximum Gasteiger partial charge on any atom is 0.264 e. The Labute approximate surface area is 248 Å². The van der Waals surface area contributed by atoms with E-state index in [9.17, 15) is 18.0 Å². The van der Waals surface area contributed by atoms with Crippen molar-refractivity contribution in [2.24, 2.45) is 0 Å². The molecule has 0 saturated carbocycles. The van der Waals surface area contributed by atoms with E-state index in [1.54, 1.807) is 31.2 Å². The average Bonchev–Trinajstić information content (AvgIpc) is 2.90. The van der Waals surface area contributed by atoms with Crippen LogP contribution in [0.2, 0.25) is 5.02 Å². The van der Waals surface area contributed by atoms with E-state index in [1.807, 2.05) is 58.9 Å². The minimum Gasteiger partial charge on any atom is -0.494 e. The Bertz CT molecular complexity index is 1450. The van der Waals surface area contributed by atoms with Gasteiger partial charge in [-0.2, -0.15) is 0 Å². The normalized spacial score (nSPS) is 12.4. The Balaban J connectivity index is 2.04. The highest BCUT2D eigenvalue weighted by molar-refractivity contribution is 7.92. The van der Waals surface area contributed by atoms with Crippen LogP contribution >= 0.6 is 11.6 Å². The third-order valence-electron chi connectivity index (χ3n) is 6.22. The van der Waals surface area contributed by atoms with Crippen molar-refractivity contribution in [3.8, 4) is 5.75 Å².